The van der Waals surface area contributed by atoms with Crippen LogP contribution in [0.3, 0.4) is 0 Å². The smallest absolute Gasteiger partial charge is 0.403 e. The zero-order valence-corrected chi connectivity index (χ0v) is 10.8. The van der Waals surface area contributed by atoms with Crippen molar-refractivity contribution in [1.29, 1.82) is 0 Å². The van der Waals surface area contributed by atoms with Crippen molar-refractivity contribution in [2.24, 2.45) is 0 Å². The van der Waals surface area contributed by atoms with Crippen molar-refractivity contribution in [2.75, 3.05) is 6.54 Å². The van der Waals surface area contributed by atoms with Crippen LogP contribution in [0.15, 0.2) is 29.3 Å². The second-order valence-corrected chi connectivity index (χ2v) is 4.13. The first kappa shape index (κ1) is 13.1. The first-order valence-electron chi connectivity index (χ1n) is 6.06. The van der Waals surface area contributed by atoms with E-state index in [0.29, 0.717) is 12.2 Å². The molecule has 0 aliphatic carbocycles. The number of hydrogen-bond acceptors (Lipinski definition) is 4. The van der Waals surface area contributed by atoms with Crippen LogP contribution in [-0.4, -0.2) is 22.0 Å². The summed E-state index contributed by atoms with van der Waals surface area (Å²) >= 11 is 0. The fourth-order valence-corrected chi connectivity index (χ4v) is 1.66. The van der Waals surface area contributed by atoms with Crippen LogP contribution in [0.25, 0.3) is 5.65 Å². The monoisotopic (exact) mass is 261 g/mol. The van der Waals surface area contributed by atoms with Gasteiger partial charge in [-0.15, -0.1) is 0 Å². The fraction of sp³-hybridized carbons (Fsp3) is 0.308. The normalized spacial score (nSPS) is 10.4. The maximum Gasteiger partial charge on any atom is 0.412 e. The van der Waals surface area contributed by atoms with E-state index in [0.717, 1.165) is 12.0 Å². The number of rotatable bonds is 3. The number of fused-ring (bicyclic) bond motifs is 1. The Bertz CT molecular complexity index is 664. The number of ether oxygens (including phenoxy) is 1. The third-order valence-corrected chi connectivity index (χ3v) is 2.62. The number of pyridine rings is 1. The predicted molar refractivity (Wildman–Crippen MR) is 70.5 cm³/mol. The highest BCUT2D eigenvalue weighted by molar-refractivity contribution is 5.70. The molecular formula is C13H15N3O3. The molecule has 0 fully saturated rings. The van der Waals surface area contributed by atoms with Crippen LogP contribution in [0.4, 0.5) is 4.79 Å². The fourth-order valence-electron chi connectivity index (χ4n) is 1.66. The van der Waals surface area contributed by atoms with Crippen molar-refractivity contribution in [2.45, 2.75) is 20.3 Å². The highest BCUT2D eigenvalue weighted by atomic mass is 16.6. The van der Waals surface area contributed by atoms with E-state index in [1.165, 1.54) is 10.6 Å². The summed E-state index contributed by atoms with van der Waals surface area (Å²) in [7, 11) is 0. The molecule has 2 aromatic heterocycles. The average Bonchev–Trinajstić information content (AvgIpc) is 2.40. The Morgan fingerprint density at radius 3 is 3.05 bits per heavy atom. The van der Waals surface area contributed by atoms with E-state index in [4.69, 9.17) is 4.74 Å². The van der Waals surface area contributed by atoms with Gasteiger partial charge < -0.3 is 10.1 Å². The van der Waals surface area contributed by atoms with E-state index >= 15 is 0 Å². The number of carbonyl (C=O) groups is 1. The molecule has 19 heavy (non-hydrogen) atoms. The number of hydrogen-bond donors (Lipinski definition) is 1. The lowest BCUT2D eigenvalue weighted by Crippen LogP contribution is -2.30. The first-order valence-corrected chi connectivity index (χ1v) is 6.06. The molecule has 0 aliphatic heterocycles. The van der Waals surface area contributed by atoms with Gasteiger partial charge in [0.25, 0.3) is 0 Å². The molecule has 0 atom stereocenters. The minimum absolute atomic E-state index is 0.0864. The Hall–Kier alpha value is -2.37. The first-order chi connectivity index (χ1) is 9.13. The van der Waals surface area contributed by atoms with Crippen LogP contribution >= 0.6 is 0 Å². The molecule has 0 aromatic carbocycles. The van der Waals surface area contributed by atoms with Crippen LogP contribution in [0.1, 0.15) is 18.9 Å². The number of carbonyl (C=O) groups excluding carboxylic acids is 1. The van der Waals surface area contributed by atoms with Gasteiger partial charge in [-0.25, -0.2) is 9.78 Å². The molecule has 2 aromatic rings. The molecule has 100 valence electrons. The van der Waals surface area contributed by atoms with E-state index in [-0.39, 0.29) is 5.75 Å². The Labute approximate surface area is 110 Å². The lowest BCUT2D eigenvalue weighted by atomic mass is 10.3. The van der Waals surface area contributed by atoms with Crippen molar-refractivity contribution in [3.8, 4) is 5.75 Å². The van der Waals surface area contributed by atoms with Crippen LogP contribution in [0.2, 0.25) is 0 Å². The van der Waals surface area contributed by atoms with Gasteiger partial charge in [-0.1, -0.05) is 13.0 Å². The quantitative estimate of drug-likeness (QED) is 0.908. The lowest BCUT2D eigenvalue weighted by Gasteiger charge is -2.07. The van der Waals surface area contributed by atoms with E-state index in [1.54, 1.807) is 12.3 Å². The molecule has 2 heterocycles. The number of nitrogens with one attached hydrogen (secondary N) is 1. The van der Waals surface area contributed by atoms with Crippen LogP contribution < -0.4 is 15.6 Å². The van der Waals surface area contributed by atoms with E-state index in [9.17, 15) is 9.59 Å². The number of nitrogens with zero attached hydrogens (tertiary/aromatic N) is 2. The molecule has 0 spiro atoms. The zero-order chi connectivity index (χ0) is 13.8. The van der Waals surface area contributed by atoms with E-state index in [2.05, 4.69) is 10.3 Å². The number of amides is 1. The summed E-state index contributed by atoms with van der Waals surface area (Å²) in [6.45, 7) is 4.28. The minimum atomic E-state index is -0.645. The lowest BCUT2D eigenvalue weighted by molar-refractivity contribution is 0.199. The van der Waals surface area contributed by atoms with Crippen molar-refractivity contribution in [3.63, 3.8) is 0 Å². The summed E-state index contributed by atoms with van der Waals surface area (Å²) in [6.07, 6.45) is 3.02. The minimum Gasteiger partial charge on any atom is -0.403 e. The summed E-state index contributed by atoms with van der Waals surface area (Å²) in [4.78, 5) is 27.7. The number of aryl methyl sites for hydroxylation is 1. The van der Waals surface area contributed by atoms with Gasteiger partial charge in [0.05, 0.1) is 6.20 Å². The third kappa shape index (κ3) is 2.73. The number of aromatic nitrogens is 2. The maximum atomic E-state index is 12.1. The molecular weight excluding hydrogens is 246 g/mol. The second-order valence-electron chi connectivity index (χ2n) is 4.13. The van der Waals surface area contributed by atoms with Crippen molar-refractivity contribution in [3.05, 3.63) is 40.4 Å². The second kappa shape index (κ2) is 5.51. The topological polar surface area (TPSA) is 72.7 Å². The highest BCUT2D eigenvalue weighted by Gasteiger charge is 2.10. The Morgan fingerprint density at radius 2 is 2.32 bits per heavy atom. The molecule has 1 amide bonds. The van der Waals surface area contributed by atoms with E-state index in [1.807, 2.05) is 19.9 Å². The standard InChI is InChI=1S/C13H15N3O3/c1-3-6-14-13(18)19-10-8-15-11-9(2)5-4-7-16(11)12(10)17/h4-5,7-8H,3,6H2,1-2H3,(H,14,18). The summed E-state index contributed by atoms with van der Waals surface area (Å²) in [5.41, 5.74) is 1.02. The van der Waals surface area contributed by atoms with Gasteiger partial charge >= 0.3 is 11.7 Å². The molecule has 1 N–H and O–H groups in total. The maximum absolute atomic E-state index is 12.1. The van der Waals surface area contributed by atoms with Crippen LogP contribution in [-0.2, 0) is 0 Å². The van der Waals surface area contributed by atoms with Crippen molar-refractivity contribution in [1.82, 2.24) is 14.7 Å². The summed E-state index contributed by atoms with van der Waals surface area (Å²) in [6, 6.07) is 3.60. The van der Waals surface area contributed by atoms with Crippen LogP contribution in [0, 0.1) is 6.92 Å². The van der Waals surface area contributed by atoms with E-state index < -0.39 is 11.7 Å². The Kier molecular flexibility index (Phi) is 3.79. The Morgan fingerprint density at radius 1 is 1.53 bits per heavy atom. The van der Waals surface area contributed by atoms with Gasteiger partial charge in [-0.2, -0.15) is 0 Å². The molecule has 0 bridgehead atoms. The molecule has 0 aliphatic rings. The Balaban J connectivity index is 2.33. The average molecular weight is 261 g/mol. The van der Waals surface area contributed by atoms with Crippen LogP contribution in [0.5, 0.6) is 5.75 Å². The van der Waals surface area contributed by atoms with Crippen molar-refractivity contribution >= 4 is 11.7 Å². The zero-order valence-electron chi connectivity index (χ0n) is 10.8. The molecule has 0 saturated carbocycles. The van der Waals surface area contributed by atoms with Gasteiger partial charge in [0, 0.05) is 12.7 Å². The molecule has 2 rings (SSSR count). The predicted octanol–water partition coefficient (Wildman–Crippen LogP) is 1.50. The summed E-state index contributed by atoms with van der Waals surface area (Å²) in [5.74, 6) is -0.0864. The molecule has 6 nitrogen and oxygen atoms in total. The van der Waals surface area contributed by atoms with Gasteiger partial charge in [0.2, 0.25) is 5.75 Å². The van der Waals surface area contributed by atoms with Gasteiger partial charge in [0.15, 0.2) is 0 Å². The highest BCUT2D eigenvalue weighted by Crippen LogP contribution is 2.08. The SMILES string of the molecule is CCCNC(=O)Oc1cnc2c(C)cccn2c1=O. The third-order valence-electron chi connectivity index (χ3n) is 2.62. The van der Waals surface area contributed by atoms with Gasteiger partial charge in [-0.05, 0) is 25.0 Å². The molecule has 0 unspecified atom stereocenters. The van der Waals surface area contributed by atoms with Gasteiger partial charge in [-0.3, -0.25) is 9.20 Å². The molecule has 6 heteroatoms. The summed E-state index contributed by atoms with van der Waals surface area (Å²) in [5, 5.41) is 2.53. The van der Waals surface area contributed by atoms with Crippen molar-refractivity contribution < 1.29 is 9.53 Å². The summed E-state index contributed by atoms with van der Waals surface area (Å²) < 4.78 is 6.31. The molecule has 0 saturated heterocycles. The largest absolute Gasteiger partial charge is 0.412 e. The van der Waals surface area contributed by atoms with Gasteiger partial charge in [0.1, 0.15) is 5.65 Å². The molecule has 0 radical (unpaired) electrons.